The molecule has 4 rings (SSSR count). The second kappa shape index (κ2) is 8.49. The monoisotopic (exact) mass is 407 g/mol. The van der Waals surface area contributed by atoms with Crippen LogP contribution >= 0.6 is 11.6 Å². The third-order valence-corrected chi connectivity index (χ3v) is 6.03. The summed E-state index contributed by atoms with van der Waals surface area (Å²) in [5, 5.41) is 0.272. The van der Waals surface area contributed by atoms with Crippen LogP contribution in [0.2, 0.25) is 5.28 Å². The topological polar surface area (TPSA) is 62.6 Å². The van der Waals surface area contributed by atoms with Crippen molar-refractivity contribution in [3.8, 4) is 0 Å². The number of rotatable bonds is 5. The molecule has 28 heavy (non-hydrogen) atoms. The average Bonchev–Trinajstić information content (AvgIpc) is 3.02. The predicted octanol–water partition coefficient (Wildman–Crippen LogP) is 1.42. The number of imidazole rings is 1. The summed E-state index contributed by atoms with van der Waals surface area (Å²) in [6, 6.07) is 0.629. The number of ether oxygens (including phenoxy) is 1. The fourth-order valence-corrected chi connectivity index (χ4v) is 4.21. The average molecular weight is 408 g/mol. The van der Waals surface area contributed by atoms with Crippen LogP contribution in [0.15, 0.2) is 0 Å². The minimum Gasteiger partial charge on any atom is -0.378 e. The number of anilines is 1. The molecule has 4 heterocycles. The molecular weight excluding hydrogens is 378 g/mol. The summed E-state index contributed by atoms with van der Waals surface area (Å²) < 4.78 is 7.53. The zero-order chi connectivity index (χ0) is 19.7. The maximum atomic E-state index is 6.23. The largest absolute Gasteiger partial charge is 0.378 e. The number of piperazine rings is 1. The first-order valence-electron chi connectivity index (χ1n) is 10.2. The van der Waals surface area contributed by atoms with Gasteiger partial charge in [0.25, 0.3) is 0 Å². The Morgan fingerprint density at radius 3 is 2.39 bits per heavy atom. The normalized spacial score (nSPS) is 19.8. The van der Waals surface area contributed by atoms with Gasteiger partial charge >= 0.3 is 0 Å². The van der Waals surface area contributed by atoms with Gasteiger partial charge in [0.15, 0.2) is 17.0 Å². The zero-order valence-corrected chi connectivity index (χ0v) is 17.8. The molecule has 0 aliphatic carbocycles. The number of aromatic nitrogens is 4. The molecule has 0 unspecified atom stereocenters. The first kappa shape index (κ1) is 19.8. The van der Waals surface area contributed by atoms with Crippen LogP contribution in [0.4, 0.5) is 5.82 Å². The van der Waals surface area contributed by atoms with Crippen molar-refractivity contribution in [1.82, 2.24) is 29.3 Å². The Bertz CT molecular complexity index is 810. The third-order valence-electron chi connectivity index (χ3n) is 5.87. The summed E-state index contributed by atoms with van der Waals surface area (Å²) in [5.74, 6) is 1.86. The van der Waals surface area contributed by atoms with Crippen molar-refractivity contribution in [2.24, 2.45) is 7.05 Å². The molecule has 2 aliphatic rings. The molecule has 0 saturated carbocycles. The Morgan fingerprint density at radius 1 is 1.00 bits per heavy atom. The SMILES string of the molecule is CC(C)N1CCN(CCc2nc3c(N4CCOCC4)nc(Cl)nc3n2C)CC1. The van der Waals surface area contributed by atoms with Crippen LogP contribution in [-0.4, -0.2) is 94.4 Å². The van der Waals surface area contributed by atoms with Crippen LogP contribution in [0.5, 0.6) is 0 Å². The van der Waals surface area contributed by atoms with E-state index in [0.717, 1.165) is 75.0 Å². The second-order valence-electron chi connectivity index (χ2n) is 7.90. The quantitative estimate of drug-likeness (QED) is 0.694. The van der Waals surface area contributed by atoms with Crippen LogP contribution in [-0.2, 0) is 18.2 Å². The highest BCUT2D eigenvalue weighted by atomic mass is 35.5. The summed E-state index contributed by atoms with van der Waals surface area (Å²) in [6.07, 6.45) is 0.898. The van der Waals surface area contributed by atoms with Gasteiger partial charge in [-0.15, -0.1) is 0 Å². The van der Waals surface area contributed by atoms with Gasteiger partial charge in [-0.1, -0.05) is 0 Å². The number of morpholine rings is 1. The molecule has 0 spiro atoms. The molecule has 9 heteroatoms. The molecule has 2 aromatic rings. The summed E-state index contributed by atoms with van der Waals surface area (Å²) in [4.78, 5) is 21.1. The van der Waals surface area contributed by atoms with Gasteiger partial charge in [-0.25, -0.2) is 4.98 Å². The van der Waals surface area contributed by atoms with E-state index in [0.29, 0.717) is 19.3 Å². The van der Waals surface area contributed by atoms with Gasteiger partial charge in [-0.2, -0.15) is 9.97 Å². The molecule has 0 N–H and O–H groups in total. The molecule has 0 atom stereocenters. The predicted molar refractivity (Wildman–Crippen MR) is 111 cm³/mol. The van der Waals surface area contributed by atoms with Gasteiger partial charge in [-0.3, -0.25) is 4.90 Å². The van der Waals surface area contributed by atoms with Gasteiger partial charge in [-0.05, 0) is 25.4 Å². The molecule has 0 amide bonds. The maximum absolute atomic E-state index is 6.23. The molecule has 8 nitrogen and oxygen atoms in total. The van der Waals surface area contributed by atoms with Gasteiger partial charge < -0.3 is 19.1 Å². The van der Waals surface area contributed by atoms with E-state index in [-0.39, 0.29) is 5.28 Å². The van der Waals surface area contributed by atoms with Crippen LogP contribution < -0.4 is 4.90 Å². The molecule has 0 aromatic carbocycles. The van der Waals surface area contributed by atoms with Crippen LogP contribution in [0.3, 0.4) is 0 Å². The van der Waals surface area contributed by atoms with Crippen molar-refractivity contribution in [2.75, 3.05) is 63.9 Å². The van der Waals surface area contributed by atoms with E-state index in [1.165, 1.54) is 0 Å². The van der Waals surface area contributed by atoms with Crippen molar-refractivity contribution in [3.63, 3.8) is 0 Å². The Hall–Kier alpha value is -1.48. The molecule has 2 aromatic heterocycles. The van der Waals surface area contributed by atoms with E-state index >= 15 is 0 Å². The van der Waals surface area contributed by atoms with Crippen LogP contribution in [0.1, 0.15) is 19.7 Å². The van der Waals surface area contributed by atoms with Crippen LogP contribution in [0.25, 0.3) is 11.2 Å². The maximum Gasteiger partial charge on any atom is 0.226 e. The summed E-state index contributed by atoms with van der Waals surface area (Å²) in [6.45, 7) is 13.1. The molecule has 0 radical (unpaired) electrons. The molecule has 0 bridgehead atoms. The van der Waals surface area contributed by atoms with Gasteiger partial charge in [0.2, 0.25) is 5.28 Å². The van der Waals surface area contributed by atoms with Crippen molar-refractivity contribution in [1.29, 1.82) is 0 Å². The highest BCUT2D eigenvalue weighted by Gasteiger charge is 2.23. The minimum absolute atomic E-state index is 0.272. The Labute approximate surface area is 171 Å². The fraction of sp³-hybridized carbons (Fsp3) is 0.737. The van der Waals surface area contributed by atoms with E-state index in [2.05, 4.69) is 43.1 Å². The first-order chi connectivity index (χ1) is 13.5. The summed E-state index contributed by atoms with van der Waals surface area (Å²) >= 11 is 6.23. The zero-order valence-electron chi connectivity index (χ0n) is 17.1. The summed E-state index contributed by atoms with van der Waals surface area (Å²) in [5.41, 5.74) is 1.65. The lowest BCUT2D eigenvalue weighted by atomic mass is 10.2. The second-order valence-corrected chi connectivity index (χ2v) is 8.23. The van der Waals surface area contributed by atoms with E-state index in [1.807, 2.05) is 7.05 Å². The van der Waals surface area contributed by atoms with Gasteiger partial charge in [0.1, 0.15) is 5.82 Å². The first-order valence-corrected chi connectivity index (χ1v) is 10.6. The third kappa shape index (κ3) is 4.10. The van der Waals surface area contributed by atoms with E-state index in [9.17, 15) is 0 Å². The molecule has 2 saturated heterocycles. The van der Waals surface area contributed by atoms with E-state index < -0.39 is 0 Å². The lowest BCUT2D eigenvalue weighted by Gasteiger charge is -2.36. The van der Waals surface area contributed by atoms with E-state index in [4.69, 9.17) is 21.3 Å². The molecule has 154 valence electrons. The van der Waals surface area contributed by atoms with Crippen molar-refractivity contribution in [3.05, 3.63) is 11.1 Å². The van der Waals surface area contributed by atoms with Gasteiger partial charge in [0.05, 0.1) is 13.2 Å². The Kier molecular flexibility index (Phi) is 6.01. The van der Waals surface area contributed by atoms with Gasteiger partial charge in [0, 0.05) is 65.3 Å². The highest BCUT2D eigenvalue weighted by molar-refractivity contribution is 6.28. The summed E-state index contributed by atoms with van der Waals surface area (Å²) in [7, 11) is 2.02. The number of hydrogen-bond donors (Lipinski definition) is 0. The fourth-order valence-electron chi connectivity index (χ4n) is 4.05. The Morgan fingerprint density at radius 2 is 1.71 bits per heavy atom. The standard InChI is InChI=1S/C19H30ClN7O/c1-14(2)26-8-6-25(7-9-26)5-4-15-21-16-17(24(15)3)22-19(20)23-18(16)27-10-12-28-13-11-27/h14H,4-13H2,1-3H3. The molecule has 2 fully saturated rings. The molecular formula is C19H30ClN7O. The lowest BCUT2D eigenvalue weighted by Crippen LogP contribution is -2.49. The Balaban J connectivity index is 1.50. The number of aryl methyl sites for hydroxylation is 1. The number of halogens is 1. The van der Waals surface area contributed by atoms with E-state index in [1.54, 1.807) is 0 Å². The molecule has 2 aliphatic heterocycles. The van der Waals surface area contributed by atoms with Crippen LogP contribution in [0, 0.1) is 0 Å². The van der Waals surface area contributed by atoms with Crippen molar-refractivity contribution >= 4 is 28.6 Å². The lowest BCUT2D eigenvalue weighted by molar-refractivity contribution is 0.109. The number of fused-ring (bicyclic) bond motifs is 1. The minimum atomic E-state index is 0.272. The van der Waals surface area contributed by atoms with Crippen molar-refractivity contribution < 1.29 is 4.74 Å². The smallest absolute Gasteiger partial charge is 0.226 e. The van der Waals surface area contributed by atoms with Crippen molar-refractivity contribution in [2.45, 2.75) is 26.3 Å². The highest BCUT2D eigenvalue weighted by Crippen LogP contribution is 2.26. The number of nitrogens with zero attached hydrogens (tertiary/aromatic N) is 7. The number of hydrogen-bond acceptors (Lipinski definition) is 7.